The molecule has 1 N–H and O–H groups in total. The Balaban J connectivity index is 2.40. The van der Waals surface area contributed by atoms with E-state index in [9.17, 15) is 9.59 Å². The van der Waals surface area contributed by atoms with Gasteiger partial charge in [0.05, 0.1) is 12.1 Å². The second kappa shape index (κ2) is 4.82. The number of methoxy groups -OCH3 is 1. The molecule has 18 heavy (non-hydrogen) atoms. The minimum Gasteiger partial charge on any atom is -0.469 e. The molecule has 1 heterocycles. The van der Waals surface area contributed by atoms with Crippen molar-refractivity contribution in [1.29, 1.82) is 0 Å². The number of halogens is 1. The molecule has 0 unspecified atom stereocenters. The van der Waals surface area contributed by atoms with Crippen LogP contribution in [-0.4, -0.2) is 23.8 Å². The molecule has 0 aliphatic rings. The average Bonchev–Trinajstić information content (AvgIpc) is 2.66. The lowest BCUT2D eigenvalue weighted by Gasteiger charge is -2.03. The molecular formula is C13H12ClNO3. The molecule has 0 saturated carbocycles. The van der Waals surface area contributed by atoms with Gasteiger partial charge in [-0.25, -0.2) is 0 Å². The standard InChI is InChI=1S/C13H12ClNO3/c1-7-3-8-4-10(14)9(5-11(8)15-7)12(16)6-13(17)18-2/h3-5,15H,6H2,1-2H3. The van der Waals surface area contributed by atoms with Crippen LogP contribution in [0.15, 0.2) is 18.2 Å². The molecule has 5 heteroatoms. The van der Waals surface area contributed by atoms with Crippen LogP contribution in [0.4, 0.5) is 0 Å². The van der Waals surface area contributed by atoms with Crippen LogP contribution in [-0.2, 0) is 9.53 Å². The van der Waals surface area contributed by atoms with Gasteiger partial charge in [0.25, 0.3) is 0 Å². The lowest BCUT2D eigenvalue weighted by Crippen LogP contribution is -2.09. The van der Waals surface area contributed by atoms with Gasteiger partial charge in [-0.2, -0.15) is 0 Å². The number of carbonyl (C=O) groups excluding carboxylic acids is 2. The molecule has 1 aromatic heterocycles. The summed E-state index contributed by atoms with van der Waals surface area (Å²) in [6.45, 7) is 1.92. The summed E-state index contributed by atoms with van der Waals surface area (Å²) in [7, 11) is 1.24. The fraction of sp³-hybridized carbons (Fsp3) is 0.231. The Kier molecular flexibility index (Phi) is 3.39. The first-order valence-corrected chi connectivity index (χ1v) is 5.78. The molecule has 94 valence electrons. The summed E-state index contributed by atoms with van der Waals surface area (Å²) in [5.74, 6) is -0.917. The predicted molar refractivity (Wildman–Crippen MR) is 69.0 cm³/mol. The highest BCUT2D eigenvalue weighted by Crippen LogP contribution is 2.25. The third-order valence-electron chi connectivity index (χ3n) is 2.68. The topological polar surface area (TPSA) is 59.2 Å². The number of aromatic nitrogens is 1. The van der Waals surface area contributed by atoms with Gasteiger partial charge in [0, 0.05) is 22.2 Å². The number of aryl methyl sites for hydroxylation is 1. The maximum atomic E-state index is 11.9. The highest BCUT2D eigenvalue weighted by molar-refractivity contribution is 6.35. The van der Waals surface area contributed by atoms with E-state index >= 15 is 0 Å². The van der Waals surface area contributed by atoms with Crippen molar-refractivity contribution in [3.8, 4) is 0 Å². The maximum Gasteiger partial charge on any atom is 0.313 e. The van der Waals surface area contributed by atoms with Crippen molar-refractivity contribution in [1.82, 2.24) is 4.98 Å². The van der Waals surface area contributed by atoms with Crippen molar-refractivity contribution < 1.29 is 14.3 Å². The Morgan fingerprint density at radius 3 is 2.72 bits per heavy atom. The van der Waals surface area contributed by atoms with E-state index in [0.29, 0.717) is 10.6 Å². The Morgan fingerprint density at radius 2 is 2.06 bits per heavy atom. The van der Waals surface area contributed by atoms with Crippen LogP contribution in [0.25, 0.3) is 10.9 Å². The van der Waals surface area contributed by atoms with E-state index in [0.717, 1.165) is 16.6 Å². The quantitative estimate of drug-likeness (QED) is 0.527. The van der Waals surface area contributed by atoms with Crippen LogP contribution in [0.1, 0.15) is 22.5 Å². The minimum absolute atomic E-state index is 0.304. The zero-order chi connectivity index (χ0) is 13.3. The summed E-state index contributed by atoms with van der Waals surface area (Å²) < 4.78 is 4.46. The molecular weight excluding hydrogens is 254 g/mol. The highest BCUT2D eigenvalue weighted by atomic mass is 35.5. The molecule has 0 aliphatic heterocycles. The van der Waals surface area contributed by atoms with E-state index in [-0.39, 0.29) is 12.2 Å². The van der Waals surface area contributed by atoms with E-state index in [4.69, 9.17) is 11.6 Å². The van der Waals surface area contributed by atoms with Crippen LogP contribution in [0.5, 0.6) is 0 Å². The number of hydrogen-bond donors (Lipinski definition) is 1. The molecule has 0 bridgehead atoms. The zero-order valence-electron chi connectivity index (χ0n) is 10.0. The lowest BCUT2D eigenvalue weighted by molar-refractivity contribution is -0.139. The van der Waals surface area contributed by atoms with E-state index in [1.807, 2.05) is 13.0 Å². The number of aromatic amines is 1. The summed E-state index contributed by atoms with van der Waals surface area (Å²) in [5.41, 5.74) is 2.14. The number of benzene rings is 1. The van der Waals surface area contributed by atoms with Crippen molar-refractivity contribution in [3.05, 3.63) is 34.5 Å². The molecule has 0 spiro atoms. The fourth-order valence-corrected chi connectivity index (χ4v) is 2.09. The number of H-pyrrole nitrogens is 1. The first kappa shape index (κ1) is 12.6. The van der Waals surface area contributed by atoms with Crippen LogP contribution in [0, 0.1) is 6.92 Å². The van der Waals surface area contributed by atoms with Crippen molar-refractivity contribution in [2.45, 2.75) is 13.3 Å². The number of esters is 1. The second-order valence-electron chi connectivity index (χ2n) is 4.05. The minimum atomic E-state index is -0.571. The molecule has 0 saturated heterocycles. The second-order valence-corrected chi connectivity index (χ2v) is 4.45. The molecule has 0 atom stereocenters. The maximum absolute atomic E-state index is 11.9. The zero-order valence-corrected chi connectivity index (χ0v) is 10.8. The van der Waals surface area contributed by atoms with Gasteiger partial charge in [-0.1, -0.05) is 11.6 Å². The van der Waals surface area contributed by atoms with E-state index in [2.05, 4.69) is 9.72 Å². The van der Waals surface area contributed by atoms with Crippen molar-refractivity contribution in [3.63, 3.8) is 0 Å². The third kappa shape index (κ3) is 2.38. The Bertz CT molecular complexity index is 630. The molecule has 2 aromatic rings. The van der Waals surface area contributed by atoms with Crippen LogP contribution < -0.4 is 0 Å². The third-order valence-corrected chi connectivity index (χ3v) is 2.99. The van der Waals surface area contributed by atoms with Gasteiger partial charge < -0.3 is 9.72 Å². The SMILES string of the molecule is COC(=O)CC(=O)c1cc2[nH]c(C)cc2cc1Cl. The average molecular weight is 266 g/mol. The van der Waals surface area contributed by atoms with Crippen LogP contribution in [0.3, 0.4) is 0 Å². The van der Waals surface area contributed by atoms with E-state index < -0.39 is 5.97 Å². The Hall–Kier alpha value is -1.81. The number of Topliss-reactive ketones (excluding diaryl/α,β-unsaturated/α-hetero) is 1. The Morgan fingerprint density at radius 1 is 1.33 bits per heavy atom. The summed E-state index contributed by atoms with van der Waals surface area (Å²) >= 11 is 6.05. The molecule has 4 nitrogen and oxygen atoms in total. The van der Waals surface area contributed by atoms with Crippen molar-refractivity contribution >= 4 is 34.3 Å². The van der Waals surface area contributed by atoms with Gasteiger partial charge in [-0.15, -0.1) is 0 Å². The van der Waals surface area contributed by atoms with Gasteiger partial charge in [-0.3, -0.25) is 9.59 Å². The first-order chi connectivity index (χ1) is 8.51. The van der Waals surface area contributed by atoms with Gasteiger partial charge in [0.2, 0.25) is 0 Å². The molecule has 1 aromatic carbocycles. The predicted octanol–water partition coefficient (Wildman–Crippen LogP) is 2.88. The van der Waals surface area contributed by atoms with Gasteiger partial charge in [0.15, 0.2) is 5.78 Å². The first-order valence-electron chi connectivity index (χ1n) is 5.40. The highest BCUT2D eigenvalue weighted by Gasteiger charge is 2.16. The van der Waals surface area contributed by atoms with Gasteiger partial charge >= 0.3 is 5.97 Å². The molecule has 0 amide bonds. The summed E-state index contributed by atoms with van der Waals surface area (Å²) in [4.78, 5) is 26.1. The lowest BCUT2D eigenvalue weighted by atomic mass is 10.1. The summed E-state index contributed by atoms with van der Waals surface area (Å²) in [6, 6.07) is 5.32. The van der Waals surface area contributed by atoms with Crippen molar-refractivity contribution in [2.24, 2.45) is 0 Å². The Labute approximate surface area is 109 Å². The number of hydrogen-bond acceptors (Lipinski definition) is 3. The summed E-state index contributed by atoms with van der Waals surface area (Å²) in [6.07, 6.45) is -0.304. The number of ketones is 1. The van der Waals surface area contributed by atoms with Crippen molar-refractivity contribution in [2.75, 3.05) is 7.11 Å². The number of fused-ring (bicyclic) bond motifs is 1. The van der Waals surface area contributed by atoms with Crippen LogP contribution >= 0.6 is 11.6 Å². The number of carbonyl (C=O) groups is 2. The number of rotatable bonds is 3. The largest absolute Gasteiger partial charge is 0.469 e. The molecule has 0 aliphatic carbocycles. The fourth-order valence-electron chi connectivity index (χ4n) is 1.81. The molecule has 0 radical (unpaired) electrons. The van der Waals surface area contributed by atoms with Crippen LogP contribution in [0.2, 0.25) is 5.02 Å². The number of ether oxygens (including phenoxy) is 1. The molecule has 0 fully saturated rings. The number of nitrogens with one attached hydrogen (secondary N) is 1. The monoisotopic (exact) mass is 265 g/mol. The summed E-state index contributed by atoms with van der Waals surface area (Å²) in [5, 5.41) is 1.28. The van der Waals surface area contributed by atoms with E-state index in [1.54, 1.807) is 12.1 Å². The van der Waals surface area contributed by atoms with Gasteiger partial charge in [-0.05, 0) is 25.1 Å². The smallest absolute Gasteiger partial charge is 0.313 e. The van der Waals surface area contributed by atoms with E-state index in [1.165, 1.54) is 7.11 Å². The van der Waals surface area contributed by atoms with Gasteiger partial charge in [0.1, 0.15) is 6.42 Å². The normalized spacial score (nSPS) is 10.6. The molecule has 2 rings (SSSR count).